The van der Waals surface area contributed by atoms with Gasteiger partial charge >= 0.3 is 6.18 Å². The van der Waals surface area contributed by atoms with Gasteiger partial charge in [-0.3, -0.25) is 0 Å². The van der Waals surface area contributed by atoms with Crippen molar-refractivity contribution in [2.45, 2.75) is 32.0 Å². The number of phenolic OH excluding ortho intramolecular Hbond substituents is 1. The van der Waals surface area contributed by atoms with Crippen molar-refractivity contribution in [3.05, 3.63) is 29.5 Å². The van der Waals surface area contributed by atoms with E-state index in [9.17, 15) is 26.7 Å². The molecule has 2 heterocycles. The van der Waals surface area contributed by atoms with Crippen LogP contribution in [-0.4, -0.2) is 46.3 Å². The molecule has 1 aromatic carbocycles. The lowest BCUT2D eigenvalue weighted by Crippen LogP contribution is -2.32. The predicted octanol–water partition coefficient (Wildman–Crippen LogP) is 2.56. The van der Waals surface area contributed by atoms with Crippen molar-refractivity contribution in [3.8, 4) is 17.0 Å². The summed E-state index contributed by atoms with van der Waals surface area (Å²) in [7, 11) is -2.98. The molecule has 2 N–H and O–H groups in total. The minimum absolute atomic E-state index is 0.0919. The number of rotatable bonds is 3. The van der Waals surface area contributed by atoms with Crippen molar-refractivity contribution in [1.82, 2.24) is 15.2 Å². The van der Waals surface area contributed by atoms with E-state index in [0.29, 0.717) is 24.6 Å². The Morgan fingerprint density at radius 2 is 1.85 bits per heavy atom. The molecule has 3 rings (SSSR count). The summed E-state index contributed by atoms with van der Waals surface area (Å²) in [5, 5.41) is 20.8. The van der Waals surface area contributed by atoms with Gasteiger partial charge in [0, 0.05) is 11.6 Å². The van der Waals surface area contributed by atoms with E-state index in [2.05, 4.69) is 20.5 Å². The van der Waals surface area contributed by atoms with Crippen LogP contribution in [0.3, 0.4) is 0 Å². The number of alkyl halides is 3. The van der Waals surface area contributed by atoms with E-state index in [4.69, 9.17) is 0 Å². The van der Waals surface area contributed by atoms with E-state index in [0.717, 1.165) is 12.1 Å². The Kier molecular flexibility index (Phi) is 4.98. The minimum Gasteiger partial charge on any atom is -0.507 e. The fourth-order valence-corrected chi connectivity index (χ4v) is 4.33. The highest BCUT2D eigenvalue weighted by molar-refractivity contribution is 7.91. The Morgan fingerprint density at radius 3 is 2.41 bits per heavy atom. The second kappa shape index (κ2) is 6.95. The Labute approximate surface area is 153 Å². The number of nitrogens with zero attached hydrogens (tertiary/aromatic N) is 3. The molecule has 0 unspecified atom stereocenters. The average Bonchev–Trinajstić information content (AvgIpc) is 2.57. The third-order valence-electron chi connectivity index (χ3n) is 4.33. The van der Waals surface area contributed by atoms with Crippen molar-refractivity contribution in [2.24, 2.45) is 0 Å². The lowest BCUT2D eigenvalue weighted by Gasteiger charge is -2.22. The summed E-state index contributed by atoms with van der Waals surface area (Å²) in [6.07, 6.45) is -3.69. The number of benzene rings is 1. The van der Waals surface area contributed by atoms with E-state index < -0.39 is 27.3 Å². The Hall–Kier alpha value is -2.43. The van der Waals surface area contributed by atoms with E-state index >= 15 is 0 Å². The fourth-order valence-electron chi connectivity index (χ4n) is 2.84. The number of hydrogen-bond acceptors (Lipinski definition) is 7. The summed E-state index contributed by atoms with van der Waals surface area (Å²) in [4.78, 5) is 4.22. The maximum absolute atomic E-state index is 12.7. The molecule has 1 saturated heterocycles. The van der Waals surface area contributed by atoms with Gasteiger partial charge in [-0.25, -0.2) is 13.4 Å². The van der Waals surface area contributed by atoms with Crippen molar-refractivity contribution in [1.29, 1.82) is 0 Å². The second-order valence-electron chi connectivity index (χ2n) is 6.37. The number of anilines is 1. The average molecular weight is 402 g/mol. The lowest BCUT2D eigenvalue weighted by atomic mass is 10.1. The van der Waals surface area contributed by atoms with E-state index in [1.54, 1.807) is 6.92 Å². The Bertz CT molecular complexity index is 950. The minimum atomic E-state index is -4.56. The number of aromatic nitrogens is 3. The summed E-state index contributed by atoms with van der Waals surface area (Å²) in [5.74, 6) is -0.183. The number of nitrogens with one attached hydrogen (secondary N) is 1. The molecular weight excluding hydrogens is 385 g/mol. The zero-order valence-corrected chi connectivity index (χ0v) is 15.1. The molecule has 2 aromatic rings. The quantitative estimate of drug-likeness (QED) is 0.813. The normalized spacial score (nSPS) is 17.6. The molecule has 0 atom stereocenters. The molecule has 1 fully saturated rings. The molecule has 0 bridgehead atoms. The zero-order chi connectivity index (χ0) is 19.8. The molecule has 0 spiro atoms. The summed E-state index contributed by atoms with van der Waals surface area (Å²) < 4.78 is 61.0. The molecule has 0 radical (unpaired) electrons. The van der Waals surface area contributed by atoms with Gasteiger partial charge in [0.2, 0.25) is 5.95 Å². The van der Waals surface area contributed by atoms with Gasteiger partial charge in [-0.15, -0.1) is 10.2 Å². The maximum atomic E-state index is 12.7. The summed E-state index contributed by atoms with van der Waals surface area (Å²) in [5.41, 5.74) is -0.340. The summed E-state index contributed by atoms with van der Waals surface area (Å²) >= 11 is 0. The number of phenols is 1. The Balaban J connectivity index is 1.79. The van der Waals surface area contributed by atoms with Crippen LogP contribution >= 0.6 is 0 Å². The van der Waals surface area contributed by atoms with Crippen LogP contribution in [-0.2, 0) is 16.0 Å². The zero-order valence-electron chi connectivity index (χ0n) is 14.3. The van der Waals surface area contributed by atoms with Gasteiger partial charge < -0.3 is 10.4 Å². The van der Waals surface area contributed by atoms with Crippen molar-refractivity contribution in [3.63, 3.8) is 0 Å². The molecule has 11 heteroatoms. The molecule has 0 amide bonds. The largest absolute Gasteiger partial charge is 0.507 e. The summed E-state index contributed by atoms with van der Waals surface area (Å²) in [6, 6.07) is 2.51. The second-order valence-corrected chi connectivity index (χ2v) is 8.67. The molecule has 0 aliphatic carbocycles. The predicted molar refractivity (Wildman–Crippen MR) is 92.0 cm³/mol. The monoisotopic (exact) mass is 402 g/mol. The van der Waals surface area contributed by atoms with Crippen LogP contribution in [0.4, 0.5) is 19.1 Å². The number of aromatic hydroxyl groups is 1. The summed E-state index contributed by atoms with van der Waals surface area (Å²) in [6.45, 7) is 1.59. The van der Waals surface area contributed by atoms with Crippen molar-refractivity contribution >= 4 is 15.8 Å². The van der Waals surface area contributed by atoms with Gasteiger partial charge in [-0.1, -0.05) is 0 Å². The van der Waals surface area contributed by atoms with E-state index in [1.807, 2.05) is 0 Å². The van der Waals surface area contributed by atoms with Crippen LogP contribution in [0.5, 0.6) is 5.75 Å². The van der Waals surface area contributed by atoms with Crippen LogP contribution in [0, 0.1) is 6.92 Å². The van der Waals surface area contributed by atoms with Crippen molar-refractivity contribution in [2.75, 3.05) is 16.8 Å². The number of sulfone groups is 1. The van der Waals surface area contributed by atoms with Gasteiger partial charge in [-0.05, 0) is 38.0 Å². The fraction of sp³-hybridized carbons (Fsp3) is 0.438. The Morgan fingerprint density at radius 1 is 1.19 bits per heavy atom. The number of halogens is 3. The van der Waals surface area contributed by atoms with Gasteiger partial charge in [0.1, 0.15) is 21.3 Å². The highest BCUT2D eigenvalue weighted by atomic mass is 32.2. The third kappa shape index (κ3) is 4.46. The lowest BCUT2D eigenvalue weighted by molar-refractivity contribution is -0.137. The first-order valence-electron chi connectivity index (χ1n) is 8.14. The number of aryl methyl sites for hydroxylation is 1. The van der Waals surface area contributed by atoms with Gasteiger partial charge in [0.25, 0.3) is 0 Å². The SMILES string of the molecule is Cc1nc(NC2CCS(=O)(=O)CC2)nnc1-c1ccc(C(F)(F)F)cc1O. The highest BCUT2D eigenvalue weighted by Gasteiger charge is 2.31. The van der Waals surface area contributed by atoms with Crippen LogP contribution < -0.4 is 5.32 Å². The van der Waals surface area contributed by atoms with Crippen molar-refractivity contribution < 1.29 is 26.7 Å². The molecule has 7 nitrogen and oxygen atoms in total. The van der Waals surface area contributed by atoms with E-state index in [1.165, 1.54) is 0 Å². The van der Waals surface area contributed by atoms with Crippen LogP contribution in [0.25, 0.3) is 11.3 Å². The third-order valence-corrected chi connectivity index (χ3v) is 6.04. The molecule has 0 saturated carbocycles. The topological polar surface area (TPSA) is 105 Å². The molecule has 1 aromatic heterocycles. The van der Waals surface area contributed by atoms with Gasteiger partial charge in [-0.2, -0.15) is 13.2 Å². The first-order chi connectivity index (χ1) is 12.5. The highest BCUT2D eigenvalue weighted by Crippen LogP contribution is 2.36. The van der Waals surface area contributed by atoms with Gasteiger partial charge in [0.15, 0.2) is 0 Å². The molecule has 1 aliphatic rings. The van der Waals surface area contributed by atoms with Crippen LogP contribution in [0.2, 0.25) is 0 Å². The standard InChI is InChI=1S/C16H17F3N4O3S/c1-9-14(12-3-2-10(8-13(12)24)16(17,18)19)22-23-15(20-9)21-11-4-6-27(25,26)7-5-11/h2-3,8,11,24H,4-7H2,1H3,(H,20,21,23). The van der Waals surface area contributed by atoms with Gasteiger partial charge in [0.05, 0.1) is 22.8 Å². The molecule has 146 valence electrons. The first-order valence-corrected chi connectivity index (χ1v) is 9.96. The van der Waals surface area contributed by atoms with E-state index in [-0.39, 0.29) is 34.8 Å². The van der Waals surface area contributed by atoms with Crippen LogP contribution in [0.15, 0.2) is 18.2 Å². The maximum Gasteiger partial charge on any atom is 0.416 e. The first kappa shape index (κ1) is 19.3. The smallest absolute Gasteiger partial charge is 0.416 e. The van der Waals surface area contributed by atoms with Crippen LogP contribution in [0.1, 0.15) is 24.1 Å². The number of hydrogen-bond donors (Lipinski definition) is 2. The molecular formula is C16H17F3N4O3S. The molecule has 1 aliphatic heterocycles. The molecule has 27 heavy (non-hydrogen) atoms.